The first-order valence-electron chi connectivity index (χ1n) is 6.30. The lowest BCUT2D eigenvalue weighted by atomic mass is 9.86. The molecule has 1 N–H and O–H groups in total. The number of rotatable bonds is 4. The van der Waals surface area contributed by atoms with Crippen LogP contribution in [-0.2, 0) is 15.1 Å². The molecule has 0 aromatic heterocycles. The van der Waals surface area contributed by atoms with E-state index in [4.69, 9.17) is 4.74 Å². The highest BCUT2D eigenvalue weighted by atomic mass is 19.1. The van der Waals surface area contributed by atoms with Gasteiger partial charge in [0.2, 0.25) is 5.60 Å². The van der Waals surface area contributed by atoms with Crippen LogP contribution in [-0.4, -0.2) is 17.7 Å². The minimum absolute atomic E-state index is 0.0996. The van der Waals surface area contributed by atoms with Gasteiger partial charge in [-0.25, -0.2) is 9.18 Å². The minimum atomic E-state index is -2.15. The molecule has 0 aliphatic heterocycles. The number of benzene rings is 2. The zero-order valence-corrected chi connectivity index (χ0v) is 11.0. The Morgan fingerprint density at radius 2 is 1.75 bits per heavy atom. The molecule has 2 aromatic rings. The SMILES string of the molecule is CCOC(=O)[C@](O)(c1ccccc1)c1ccccc1F. The molecule has 0 radical (unpaired) electrons. The van der Waals surface area contributed by atoms with Crippen molar-refractivity contribution < 1.29 is 19.0 Å². The summed E-state index contributed by atoms with van der Waals surface area (Å²) in [6.07, 6.45) is 0. The van der Waals surface area contributed by atoms with E-state index in [2.05, 4.69) is 0 Å². The van der Waals surface area contributed by atoms with Crippen molar-refractivity contribution in [3.05, 3.63) is 71.5 Å². The summed E-state index contributed by atoms with van der Waals surface area (Å²) in [5.41, 5.74) is -2.00. The number of hydrogen-bond acceptors (Lipinski definition) is 3. The molecule has 0 aliphatic rings. The first-order valence-corrected chi connectivity index (χ1v) is 6.30. The van der Waals surface area contributed by atoms with Crippen LogP contribution in [0.5, 0.6) is 0 Å². The van der Waals surface area contributed by atoms with Crippen molar-refractivity contribution in [1.82, 2.24) is 0 Å². The largest absolute Gasteiger partial charge is 0.463 e. The van der Waals surface area contributed by atoms with Gasteiger partial charge in [-0.3, -0.25) is 0 Å². The monoisotopic (exact) mass is 274 g/mol. The summed E-state index contributed by atoms with van der Waals surface area (Å²) in [6.45, 7) is 1.73. The molecule has 1 atom stereocenters. The molecule has 0 unspecified atom stereocenters. The third-order valence-corrected chi connectivity index (χ3v) is 3.03. The second kappa shape index (κ2) is 5.84. The second-order valence-electron chi connectivity index (χ2n) is 4.28. The summed E-state index contributed by atoms with van der Waals surface area (Å²) in [5.74, 6) is -1.55. The Kier molecular flexibility index (Phi) is 4.15. The molecule has 0 bridgehead atoms. The number of hydrogen-bond donors (Lipinski definition) is 1. The molecule has 0 aliphatic carbocycles. The van der Waals surface area contributed by atoms with E-state index in [1.54, 1.807) is 43.3 Å². The maximum absolute atomic E-state index is 14.0. The van der Waals surface area contributed by atoms with Crippen LogP contribution >= 0.6 is 0 Å². The summed E-state index contributed by atoms with van der Waals surface area (Å²) in [4.78, 5) is 12.2. The lowest BCUT2D eigenvalue weighted by Crippen LogP contribution is -2.39. The zero-order valence-electron chi connectivity index (χ0n) is 11.0. The third kappa shape index (κ3) is 2.42. The lowest BCUT2D eigenvalue weighted by molar-refractivity contribution is -0.161. The Balaban J connectivity index is 2.62. The molecular weight excluding hydrogens is 259 g/mol. The van der Waals surface area contributed by atoms with Gasteiger partial charge in [0, 0.05) is 5.56 Å². The van der Waals surface area contributed by atoms with Crippen LogP contribution in [0.1, 0.15) is 18.1 Å². The maximum atomic E-state index is 14.0. The van der Waals surface area contributed by atoms with Crippen molar-refractivity contribution in [2.75, 3.05) is 6.61 Å². The summed E-state index contributed by atoms with van der Waals surface area (Å²) >= 11 is 0. The van der Waals surface area contributed by atoms with Gasteiger partial charge in [-0.1, -0.05) is 48.5 Å². The zero-order chi connectivity index (χ0) is 14.6. The van der Waals surface area contributed by atoms with Crippen molar-refractivity contribution in [2.45, 2.75) is 12.5 Å². The Labute approximate surface area is 116 Å². The molecule has 4 heteroatoms. The van der Waals surface area contributed by atoms with E-state index in [-0.39, 0.29) is 17.7 Å². The molecule has 0 spiro atoms. The number of ether oxygens (including phenoxy) is 1. The smallest absolute Gasteiger partial charge is 0.347 e. The number of carbonyl (C=O) groups excluding carboxylic acids is 1. The third-order valence-electron chi connectivity index (χ3n) is 3.03. The van der Waals surface area contributed by atoms with Gasteiger partial charge >= 0.3 is 5.97 Å². The fraction of sp³-hybridized carbons (Fsp3) is 0.188. The van der Waals surface area contributed by atoms with E-state index in [0.29, 0.717) is 0 Å². The highest BCUT2D eigenvalue weighted by molar-refractivity contribution is 5.85. The van der Waals surface area contributed by atoms with Crippen molar-refractivity contribution in [3.63, 3.8) is 0 Å². The van der Waals surface area contributed by atoms with Crippen LogP contribution in [0.25, 0.3) is 0 Å². The van der Waals surface area contributed by atoms with Gasteiger partial charge in [-0.2, -0.15) is 0 Å². The highest BCUT2D eigenvalue weighted by Gasteiger charge is 2.43. The topological polar surface area (TPSA) is 46.5 Å². The predicted molar refractivity (Wildman–Crippen MR) is 72.5 cm³/mol. The first-order chi connectivity index (χ1) is 9.60. The molecule has 0 amide bonds. The lowest BCUT2D eigenvalue weighted by Gasteiger charge is -2.27. The quantitative estimate of drug-likeness (QED) is 0.872. The summed E-state index contributed by atoms with van der Waals surface area (Å²) in [5, 5.41) is 10.8. The fourth-order valence-electron chi connectivity index (χ4n) is 2.05. The normalized spacial score (nSPS) is 13.6. The van der Waals surface area contributed by atoms with E-state index in [1.165, 1.54) is 18.2 Å². The van der Waals surface area contributed by atoms with E-state index in [1.807, 2.05) is 0 Å². The summed E-state index contributed by atoms with van der Waals surface area (Å²) in [6, 6.07) is 13.8. The van der Waals surface area contributed by atoms with E-state index in [0.717, 1.165) is 0 Å². The van der Waals surface area contributed by atoms with Crippen LogP contribution in [0.15, 0.2) is 54.6 Å². The van der Waals surface area contributed by atoms with Crippen LogP contribution in [0.3, 0.4) is 0 Å². The van der Waals surface area contributed by atoms with E-state index in [9.17, 15) is 14.3 Å². The number of halogens is 1. The Bertz CT molecular complexity index is 598. The van der Waals surface area contributed by atoms with Gasteiger partial charge in [0.15, 0.2) is 0 Å². The average Bonchev–Trinajstić information content (AvgIpc) is 2.48. The molecule has 0 heterocycles. The second-order valence-corrected chi connectivity index (χ2v) is 4.28. The molecule has 0 saturated carbocycles. The molecule has 104 valence electrons. The van der Waals surface area contributed by atoms with Crippen molar-refractivity contribution in [1.29, 1.82) is 0 Å². The van der Waals surface area contributed by atoms with Crippen LogP contribution in [0, 0.1) is 5.82 Å². The van der Waals surface area contributed by atoms with E-state index < -0.39 is 17.4 Å². The van der Waals surface area contributed by atoms with Gasteiger partial charge in [-0.05, 0) is 18.6 Å². The van der Waals surface area contributed by atoms with Gasteiger partial charge in [-0.15, -0.1) is 0 Å². The number of carbonyl (C=O) groups is 1. The first kappa shape index (κ1) is 14.2. The molecule has 20 heavy (non-hydrogen) atoms. The van der Waals surface area contributed by atoms with Crippen molar-refractivity contribution in [3.8, 4) is 0 Å². The molecule has 3 nitrogen and oxygen atoms in total. The molecule has 2 aromatic carbocycles. The molecular formula is C16H15FO3. The fourth-order valence-corrected chi connectivity index (χ4v) is 2.05. The molecule has 2 rings (SSSR count). The Morgan fingerprint density at radius 1 is 1.15 bits per heavy atom. The van der Waals surface area contributed by atoms with Gasteiger partial charge in [0.1, 0.15) is 5.82 Å². The molecule has 0 saturated heterocycles. The van der Waals surface area contributed by atoms with Crippen LogP contribution < -0.4 is 0 Å². The molecule has 0 fully saturated rings. The Morgan fingerprint density at radius 3 is 2.35 bits per heavy atom. The van der Waals surface area contributed by atoms with Crippen molar-refractivity contribution in [2.24, 2.45) is 0 Å². The van der Waals surface area contributed by atoms with Gasteiger partial charge < -0.3 is 9.84 Å². The Hall–Kier alpha value is -2.20. The highest BCUT2D eigenvalue weighted by Crippen LogP contribution is 2.32. The summed E-state index contributed by atoms with van der Waals surface area (Å²) in [7, 11) is 0. The summed E-state index contributed by atoms with van der Waals surface area (Å²) < 4.78 is 18.9. The van der Waals surface area contributed by atoms with Crippen LogP contribution in [0.4, 0.5) is 4.39 Å². The maximum Gasteiger partial charge on any atom is 0.347 e. The van der Waals surface area contributed by atoms with Gasteiger partial charge in [0.25, 0.3) is 0 Å². The number of esters is 1. The van der Waals surface area contributed by atoms with E-state index >= 15 is 0 Å². The standard InChI is InChI=1S/C16H15FO3/c1-2-20-15(18)16(19,12-8-4-3-5-9-12)13-10-6-7-11-14(13)17/h3-11,19H,2H2,1H3/t16-/m0/s1. The van der Waals surface area contributed by atoms with Crippen molar-refractivity contribution >= 4 is 5.97 Å². The average molecular weight is 274 g/mol. The predicted octanol–water partition coefficient (Wildman–Crippen LogP) is 2.62. The van der Waals surface area contributed by atoms with Gasteiger partial charge in [0.05, 0.1) is 6.61 Å². The number of aliphatic hydroxyl groups is 1. The van der Waals surface area contributed by atoms with Crippen LogP contribution in [0.2, 0.25) is 0 Å². The minimum Gasteiger partial charge on any atom is -0.463 e.